The Morgan fingerprint density at radius 3 is 2.93 bits per heavy atom. The molecule has 2 rings (SSSR count). The molecule has 3 nitrogen and oxygen atoms in total. The smallest absolute Gasteiger partial charge is 0.0831 e. The van der Waals surface area contributed by atoms with Crippen LogP contribution in [-0.4, -0.2) is 16.8 Å². The average molecular weight is 222 g/mol. The Morgan fingerprint density at radius 1 is 1.40 bits per heavy atom. The Labute approximate surface area is 93.7 Å². The van der Waals surface area contributed by atoms with E-state index >= 15 is 0 Å². The number of hydrogen-bond acceptors (Lipinski definition) is 2. The third-order valence-corrected chi connectivity index (χ3v) is 2.44. The van der Waals surface area contributed by atoms with Gasteiger partial charge in [-0.1, -0.05) is 23.7 Å². The first-order chi connectivity index (χ1) is 7.31. The van der Waals surface area contributed by atoms with Gasteiger partial charge in [-0.3, -0.25) is 0 Å². The number of rotatable bonds is 3. The van der Waals surface area contributed by atoms with E-state index in [0.717, 1.165) is 17.8 Å². The summed E-state index contributed by atoms with van der Waals surface area (Å²) in [5.41, 5.74) is 2.04. The van der Waals surface area contributed by atoms with Crippen molar-refractivity contribution < 1.29 is 0 Å². The lowest BCUT2D eigenvalue weighted by Gasteiger charge is -2.02. The lowest BCUT2D eigenvalue weighted by molar-refractivity contribution is 0.816. The fraction of sp³-hybridized carbons (Fsp3) is 0.182. The minimum Gasteiger partial charge on any atom is -0.316 e. The molecule has 15 heavy (non-hydrogen) atoms. The molecule has 1 N–H and O–H groups in total. The van der Waals surface area contributed by atoms with Crippen LogP contribution in [0.5, 0.6) is 0 Å². The van der Waals surface area contributed by atoms with Gasteiger partial charge in [-0.25, -0.2) is 4.68 Å². The molecular weight excluding hydrogens is 210 g/mol. The van der Waals surface area contributed by atoms with Crippen LogP contribution in [0.1, 0.15) is 5.56 Å². The second kappa shape index (κ2) is 4.47. The van der Waals surface area contributed by atoms with Crippen molar-refractivity contribution in [2.24, 2.45) is 0 Å². The van der Waals surface area contributed by atoms with Crippen LogP contribution in [0.25, 0.3) is 5.69 Å². The van der Waals surface area contributed by atoms with Gasteiger partial charge in [0.15, 0.2) is 0 Å². The van der Waals surface area contributed by atoms with E-state index in [4.69, 9.17) is 11.6 Å². The Bertz CT molecular complexity index is 451. The molecule has 4 heteroatoms. The molecule has 2 aromatic rings. The Balaban J connectivity index is 2.33. The third-order valence-electron chi connectivity index (χ3n) is 2.12. The van der Waals surface area contributed by atoms with Gasteiger partial charge in [0, 0.05) is 18.3 Å². The van der Waals surface area contributed by atoms with E-state index in [1.54, 1.807) is 4.68 Å². The maximum Gasteiger partial charge on any atom is 0.0831 e. The first kappa shape index (κ1) is 10.2. The van der Waals surface area contributed by atoms with Crippen molar-refractivity contribution in [3.05, 3.63) is 47.2 Å². The van der Waals surface area contributed by atoms with Gasteiger partial charge in [0.2, 0.25) is 0 Å². The number of aromatic nitrogens is 2. The Hall–Kier alpha value is -1.32. The number of nitrogens with one attached hydrogen (secondary N) is 1. The maximum atomic E-state index is 6.07. The van der Waals surface area contributed by atoms with E-state index in [1.165, 1.54) is 0 Å². The molecule has 0 bridgehead atoms. The molecule has 78 valence electrons. The molecule has 0 aliphatic rings. The van der Waals surface area contributed by atoms with Crippen molar-refractivity contribution in [2.75, 3.05) is 7.05 Å². The van der Waals surface area contributed by atoms with E-state index < -0.39 is 0 Å². The first-order valence-electron chi connectivity index (χ1n) is 4.74. The van der Waals surface area contributed by atoms with Crippen LogP contribution in [0.3, 0.4) is 0 Å². The number of hydrogen-bond donors (Lipinski definition) is 1. The van der Waals surface area contributed by atoms with Crippen molar-refractivity contribution in [1.29, 1.82) is 0 Å². The molecule has 0 atom stereocenters. The predicted octanol–water partition coefficient (Wildman–Crippen LogP) is 2.25. The summed E-state index contributed by atoms with van der Waals surface area (Å²) in [5.74, 6) is 0. The van der Waals surface area contributed by atoms with Crippen molar-refractivity contribution in [3.63, 3.8) is 0 Å². The largest absolute Gasteiger partial charge is 0.316 e. The summed E-state index contributed by atoms with van der Waals surface area (Å²) in [4.78, 5) is 0. The minimum absolute atomic E-state index is 0.705. The molecule has 1 aromatic heterocycles. The molecule has 0 saturated heterocycles. The molecule has 0 aliphatic heterocycles. The van der Waals surface area contributed by atoms with E-state index in [0.29, 0.717) is 5.02 Å². The highest BCUT2D eigenvalue weighted by Crippen LogP contribution is 2.19. The summed E-state index contributed by atoms with van der Waals surface area (Å²) in [6.45, 7) is 0.810. The molecule has 0 spiro atoms. The summed E-state index contributed by atoms with van der Waals surface area (Å²) in [5, 5.41) is 8.04. The third kappa shape index (κ3) is 2.19. The summed E-state index contributed by atoms with van der Waals surface area (Å²) in [6, 6.07) is 7.65. The summed E-state index contributed by atoms with van der Waals surface area (Å²) < 4.78 is 1.79. The molecule has 0 aliphatic carbocycles. The quantitative estimate of drug-likeness (QED) is 0.862. The summed E-state index contributed by atoms with van der Waals surface area (Å²) >= 11 is 6.07. The van der Waals surface area contributed by atoms with Crippen molar-refractivity contribution in [1.82, 2.24) is 15.1 Å². The van der Waals surface area contributed by atoms with Gasteiger partial charge in [0.25, 0.3) is 0 Å². The van der Waals surface area contributed by atoms with E-state index in [9.17, 15) is 0 Å². The predicted molar refractivity (Wildman–Crippen MR) is 61.3 cm³/mol. The molecule has 0 saturated carbocycles. The summed E-state index contributed by atoms with van der Waals surface area (Å²) in [7, 11) is 1.91. The van der Waals surface area contributed by atoms with Crippen molar-refractivity contribution in [2.45, 2.75) is 6.54 Å². The van der Waals surface area contributed by atoms with Crippen LogP contribution >= 0.6 is 11.6 Å². The lowest BCUT2D eigenvalue weighted by Crippen LogP contribution is -2.03. The van der Waals surface area contributed by atoms with Gasteiger partial charge < -0.3 is 5.32 Å². The van der Waals surface area contributed by atoms with E-state index in [-0.39, 0.29) is 0 Å². The van der Waals surface area contributed by atoms with Crippen molar-refractivity contribution >= 4 is 11.6 Å². The zero-order chi connectivity index (χ0) is 10.7. The molecule has 1 heterocycles. The molecule has 0 amide bonds. The zero-order valence-corrected chi connectivity index (χ0v) is 9.20. The van der Waals surface area contributed by atoms with Gasteiger partial charge in [-0.2, -0.15) is 5.10 Å². The highest BCUT2D eigenvalue weighted by molar-refractivity contribution is 6.32. The summed E-state index contributed by atoms with van der Waals surface area (Å²) in [6.07, 6.45) is 3.80. The normalized spacial score (nSPS) is 10.5. The Morgan fingerprint density at radius 2 is 2.20 bits per heavy atom. The number of benzene rings is 1. The van der Waals surface area contributed by atoms with Gasteiger partial charge in [0.1, 0.15) is 0 Å². The molecular formula is C11H12ClN3. The highest BCUT2D eigenvalue weighted by Gasteiger charge is 2.03. The second-order valence-electron chi connectivity index (χ2n) is 3.27. The lowest BCUT2D eigenvalue weighted by atomic mass is 10.3. The van der Waals surface area contributed by atoms with E-state index in [2.05, 4.69) is 10.4 Å². The van der Waals surface area contributed by atoms with Gasteiger partial charge in [0.05, 0.1) is 16.9 Å². The fourth-order valence-electron chi connectivity index (χ4n) is 1.42. The van der Waals surface area contributed by atoms with Crippen LogP contribution in [0.15, 0.2) is 36.7 Å². The van der Waals surface area contributed by atoms with E-state index in [1.807, 2.05) is 43.7 Å². The fourth-order valence-corrected chi connectivity index (χ4v) is 1.65. The zero-order valence-electron chi connectivity index (χ0n) is 8.44. The van der Waals surface area contributed by atoms with Gasteiger partial charge in [-0.15, -0.1) is 0 Å². The van der Waals surface area contributed by atoms with Gasteiger partial charge in [-0.05, 0) is 19.2 Å². The molecule has 0 fully saturated rings. The molecule has 0 unspecified atom stereocenters. The molecule has 0 radical (unpaired) electrons. The van der Waals surface area contributed by atoms with Gasteiger partial charge >= 0.3 is 0 Å². The number of nitrogens with zero attached hydrogens (tertiary/aromatic N) is 2. The van der Waals surface area contributed by atoms with Crippen LogP contribution in [0.4, 0.5) is 0 Å². The van der Waals surface area contributed by atoms with Crippen LogP contribution in [-0.2, 0) is 6.54 Å². The monoisotopic (exact) mass is 221 g/mol. The van der Waals surface area contributed by atoms with Crippen molar-refractivity contribution in [3.8, 4) is 5.69 Å². The Kier molecular flexibility index (Phi) is 3.04. The molecule has 1 aromatic carbocycles. The minimum atomic E-state index is 0.705. The first-order valence-corrected chi connectivity index (χ1v) is 5.12. The maximum absolute atomic E-state index is 6.07. The standard InChI is InChI=1S/C11H12ClN3/c1-13-6-9-7-14-15(8-9)11-5-3-2-4-10(11)12/h2-5,7-8,13H,6H2,1H3. The van der Waals surface area contributed by atoms with Crippen LogP contribution < -0.4 is 5.32 Å². The number of para-hydroxylation sites is 1. The average Bonchev–Trinajstić information content (AvgIpc) is 2.68. The SMILES string of the molecule is CNCc1cnn(-c2ccccc2Cl)c1. The topological polar surface area (TPSA) is 29.9 Å². The second-order valence-corrected chi connectivity index (χ2v) is 3.68. The van der Waals surface area contributed by atoms with Crippen LogP contribution in [0.2, 0.25) is 5.02 Å². The highest BCUT2D eigenvalue weighted by atomic mass is 35.5. The van der Waals surface area contributed by atoms with Crippen LogP contribution in [0, 0.1) is 0 Å². The number of halogens is 1.